The van der Waals surface area contributed by atoms with Crippen LogP contribution in [0, 0.1) is 0 Å². The molecule has 1 aliphatic heterocycles. The number of hydrogen-bond acceptors (Lipinski definition) is 4. The normalized spacial score (nSPS) is 15.4. The Labute approximate surface area is 126 Å². The Morgan fingerprint density at radius 3 is 2.32 bits per heavy atom. The molecule has 0 spiro atoms. The van der Waals surface area contributed by atoms with Crippen LogP contribution in [-0.4, -0.2) is 28.2 Å². The summed E-state index contributed by atoms with van der Waals surface area (Å²) in [5, 5.41) is 0. The van der Waals surface area contributed by atoms with Crippen LogP contribution >= 0.6 is 27.7 Å². The van der Waals surface area contributed by atoms with Gasteiger partial charge < -0.3 is 4.74 Å². The molecule has 6 heteroatoms. The number of piperidine rings is 1. The molecule has 1 fully saturated rings. The largest absolute Gasteiger partial charge is 0.449 e. The Morgan fingerprint density at radius 1 is 1.26 bits per heavy atom. The van der Waals surface area contributed by atoms with Crippen molar-refractivity contribution in [3.63, 3.8) is 0 Å². The van der Waals surface area contributed by atoms with Crippen molar-refractivity contribution >= 4 is 39.0 Å². The number of ketones is 1. The summed E-state index contributed by atoms with van der Waals surface area (Å²) >= 11 is 8.26. The zero-order valence-electron chi connectivity index (χ0n) is 10.4. The summed E-state index contributed by atoms with van der Waals surface area (Å²) in [6.07, 6.45) is 1.43. The third-order valence-corrected chi connectivity index (χ3v) is 3.28. The van der Waals surface area contributed by atoms with Crippen molar-refractivity contribution < 1.29 is 14.3 Å². The van der Waals surface area contributed by atoms with Gasteiger partial charge in [-0.15, -0.1) is 0 Å². The number of rotatable bonds is 2. The smallest absolute Gasteiger partial charge is 0.404 e. The minimum Gasteiger partial charge on any atom is -0.449 e. The molecule has 0 bridgehead atoms. The number of carbonyl (C=O) groups excluding carboxylic acids is 2. The highest BCUT2D eigenvalue weighted by Gasteiger charge is 2.12. The molecule has 0 radical (unpaired) electrons. The third kappa shape index (κ3) is 7.97. The van der Waals surface area contributed by atoms with Crippen LogP contribution in [-0.2, 0) is 16.1 Å². The lowest BCUT2D eigenvalue weighted by Crippen LogP contribution is -2.25. The van der Waals surface area contributed by atoms with E-state index in [0.29, 0.717) is 18.6 Å². The molecule has 1 aliphatic rings. The second-order valence-corrected chi connectivity index (χ2v) is 5.27. The third-order valence-electron chi connectivity index (χ3n) is 2.46. The molecule has 0 amide bonds. The van der Waals surface area contributed by atoms with Crippen LogP contribution in [0.5, 0.6) is 0 Å². The first kappa shape index (κ1) is 16.1. The molecule has 0 aromatic heterocycles. The van der Waals surface area contributed by atoms with E-state index in [2.05, 4.69) is 20.9 Å². The highest BCUT2D eigenvalue weighted by Crippen LogP contribution is 2.08. The molecule has 0 aliphatic carbocycles. The topological polar surface area (TPSA) is 46.6 Å². The second kappa shape index (κ2) is 9.07. The standard InChI is InChI=1S/C8H7ClO2.C5H8BrNO/c9-8(10)11-6-7-4-2-1-3-5-7;6-7-3-1-5(8)2-4-7/h1-5H,6H2;1-4H2. The van der Waals surface area contributed by atoms with Crippen LogP contribution in [0.3, 0.4) is 0 Å². The Hall–Kier alpha value is -0.910. The average molecular weight is 349 g/mol. The Kier molecular flexibility index (Phi) is 7.70. The van der Waals surface area contributed by atoms with Crippen LogP contribution in [0.25, 0.3) is 0 Å². The van der Waals surface area contributed by atoms with Crippen molar-refractivity contribution in [3.05, 3.63) is 35.9 Å². The quantitative estimate of drug-likeness (QED) is 0.606. The fourth-order valence-corrected chi connectivity index (χ4v) is 1.85. The van der Waals surface area contributed by atoms with Gasteiger partial charge in [-0.3, -0.25) is 4.79 Å². The second-order valence-electron chi connectivity index (χ2n) is 3.96. The lowest BCUT2D eigenvalue weighted by atomic mass is 10.1. The Bertz CT molecular complexity index is 404. The maximum absolute atomic E-state index is 10.6. The van der Waals surface area contributed by atoms with E-state index in [0.717, 1.165) is 18.7 Å². The zero-order chi connectivity index (χ0) is 14.1. The summed E-state index contributed by atoms with van der Waals surface area (Å²) in [6, 6.07) is 9.36. The SMILES string of the molecule is O=C(Cl)OCc1ccccc1.O=C1CCN(Br)CC1. The number of Topliss-reactive ketones (excluding diaryl/α,β-unsaturated/α-hetero) is 1. The molecular formula is C13H15BrClNO3. The van der Waals surface area contributed by atoms with Gasteiger partial charge in [0.05, 0.1) is 0 Å². The van der Waals surface area contributed by atoms with Crippen LogP contribution in [0.2, 0.25) is 0 Å². The summed E-state index contributed by atoms with van der Waals surface area (Å²) in [7, 11) is 0. The molecule has 104 valence electrons. The fraction of sp³-hybridized carbons (Fsp3) is 0.385. The predicted molar refractivity (Wildman–Crippen MR) is 77.2 cm³/mol. The molecular weight excluding hydrogens is 334 g/mol. The van der Waals surface area contributed by atoms with Crippen LogP contribution in [0.4, 0.5) is 4.79 Å². The number of benzene rings is 1. The van der Waals surface area contributed by atoms with E-state index in [1.807, 2.05) is 34.3 Å². The molecule has 0 saturated carbocycles. The van der Waals surface area contributed by atoms with E-state index in [-0.39, 0.29) is 6.61 Å². The summed E-state index contributed by atoms with van der Waals surface area (Å²) in [6.45, 7) is 1.99. The van der Waals surface area contributed by atoms with E-state index in [1.165, 1.54) is 0 Å². The van der Waals surface area contributed by atoms with E-state index >= 15 is 0 Å². The number of halogens is 2. The van der Waals surface area contributed by atoms with Gasteiger partial charge >= 0.3 is 5.43 Å². The van der Waals surface area contributed by atoms with Crippen molar-refractivity contribution in [1.29, 1.82) is 0 Å². The number of hydrogen-bond donors (Lipinski definition) is 0. The van der Waals surface area contributed by atoms with E-state index in [9.17, 15) is 9.59 Å². The van der Waals surface area contributed by atoms with Gasteiger partial charge in [0.2, 0.25) is 0 Å². The zero-order valence-corrected chi connectivity index (χ0v) is 12.7. The van der Waals surface area contributed by atoms with Crippen molar-refractivity contribution in [2.45, 2.75) is 19.4 Å². The lowest BCUT2D eigenvalue weighted by Gasteiger charge is -2.17. The molecule has 19 heavy (non-hydrogen) atoms. The Balaban J connectivity index is 0.000000200. The molecule has 1 saturated heterocycles. The van der Waals surface area contributed by atoms with Crippen LogP contribution in [0.15, 0.2) is 30.3 Å². The van der Waals surface area contributed by atoms with Gasteiger partial charge in [0, 0.05) is 53.7 Å². The first-order valence-electron chi connectivity index (χ1n) is 5.86. The number of nitrogens with zero attached hydrogens (tertiary/aromatic N) is 1. The van der Waals surface area contributed by atoms with Gasteiger partial charge in [-0.05, 0) is 5.56 Å². The molecule has 2 rings (SSSR count). The molecule has 0 unspecified atom stereocenters. The molecule has 4 nitrogen and oxygen atoms in total. The molecule has 1 aromatic carbocycles. The van der Waals surface area contributed by atoms with Crippen LogP contribution in [0.1, 0.15) is 18.4 Å². The van der Waals surface area contributed by atoms with Crippen molar-refractivity contribution in [2.24, 2.45) is 0 Å². The van der Waals surface area contributed by atoms with Gasteiger partial charge in [-0.25, -0.2) is 8.72 Å². The highest BCUT2D eigenvalue weighted by molar-refractivity contribution is 9.07. The van der Waals surface area contributed by atoms with Crippen LogP contribution < -0.4 is 0 Å². The number of ether oxygens (including phenoxy) is 1. The highest BCUT2D eigenvalue weighted by atomic mass is 79.9. The first-order chi connectivity index (χ1) is 9.08. The number of carbonyl (C=O) groups is 2. The molecule has 0 N–H and O–H groups in total. The lowest BCUT2D eigenvalue weighted by molar-refractivity contribution is -0.120. The van der Waals surface area contributed by atoms with E-state index < -0.39 is 5.43 Å². The maximum atomic E-state index is 10.6. The average Bonchev–Trinajstić information content (AvgIpc) is 2.42. The van der Waals surface area contributed by atoms with Gasteiger partial charge in [0.25, 0.3) is 0 Å². The van der Waals surface area contributed by atoms with Gasteiger partial charge in [0.1, 0.15) is 12.4 Å². The summed E-state index contributed by atoms with van der Waals surface area (Å²) in [4.78, 5) is 20.7. The Morgan fingerprint density at radius 2 is 1.84 bits per heavy atom. The van der Waals surface area contributed by atoms with Crippen molar-refractivity contribution in [2.75, 3.05) is 13.1 Å². The minimum absolute atomic E-state index is 0.239. The predicted octanol–water partition coefficient (Wildman–Crippen LogP) is 3.52. The van der Waals surface area contributed by atoms with Crippen molar-refractivity contribution in [3.8, 4) is 0 Å². The maximum Gasteiger partial charge on any atom is 0.404 e. The van der Waals surface area contributed by atoms with Gasteiger partial charge in [-0.1, -0.05) is 30.3 Å². The summed E-state index contributed by atoms with van der Waals surface area (Å²) in [5.74, 6) is 0.390. The molecule has 1 aromatic rings. The summed E-state index contributed by atoms with van der Waals surface area (Å²) < 4.78 is 6.55. The van der Waals surface area contributed by atoms with E-state index in [4.69, 9.17) is 11.6 Å². The fourth-order valence-electron chi connectivity index (χ4n) is 1.44. The van der Waals surface area contributed by atoms with Gasteiger partial charge in [0.15, 0.2) is 0 Å². The molecule has 1 heterocycles. The van der Waals surface area contributed by atoms with E-state index in [1.54, 1.807) is 0 Å². The monoisotopic (exact) mass is 347 g/mol. The van der Waals surface area contributed by atoms with Crippen molar-refractivity contribution in [1.82, 2.24) is 3.93 Å². The minimum atomic E-state index is -0.770. The summed E-state index contributed by atoms with van der Waals surface area (Å²) in [5.41, 5.74) is 0.162. The molecule has 0 atom stereocenters. The van der Waals surface area contributed by atoms with Gasteiger partial charge in [-0.2, -0.15) is 0 Å². The first-order valence-corrected chi connectivity index (χ1v) is 6.95.